The van der Waals surface area contributed by atoms with Gasteiger partial charge in [0.1, 0.15) is 11.4 Å². The van der Waals surface area contributed by atoms with E-state index in [1.54, 1.807) is 19.4 Å². The van der Waals surface area contributed by atoms with Gasteiger partial charge < -0.3 is 14.5 Å². The van der Waals surface area contributed by atoms with Gasteiger partial charge in [0, 0.05) is 50.8 Å². The van der Waals surface area contributed by atoms with Gasteiger partial charge in [0.2, 0.25) is 5.95 Å². The number of pyridine rings is 1. The zero-order valence-electron chi connectivity index (χ0n) is 23.9. The van der Waals surface area contributed by atoms with Crippen molar-refractivity contribution in [1.82, 2.24) is 15.0 Å². The van der Waals surface area contributed by atoms with E-state index in [2.05, 4.69) is 47.5 Å². The van der Waals surface area contributed by atoms with Gasteiger partial charge in [-0.3, -0.25) is 0 Å². The van der Waals surface area contributed by atoms with Crippen molar-refractivity contribution >= 4 is 11.5 Å². The third-order valence-electron chi connectivity index (χ3n) is 7.78. The highest BCUT2D eigenvalue weighted by atomic mass is 19.1. The van der Waals surface area contributed by atoms with E-state index >= 15 is 0 Å². The fraction of sp³-hybridized carbons (Fsp3) is 0.690. The van der Waals surface area contributed by atoms with Crippen molar-refractivity contribution in [3.05, 3.63) is 36.6 Å². The molecule has 4 heterocycles. The van der Waals surface area contributed by atoms with Gasteiger partial charge in [-0.2, -0.15) is 8.78 Å². The van der Waals surface area contributed by atoms with E-state index in [1.807, 2.05) is 18.7 Å². The van der Waals surface area contributed by atoms with E-state index in [-0.39, 0.29) is 0 Å². The Balaban J connectivity index is 0.000000247. The van der Waals surface area contributed by atoms with Crippen LogP contribution in [0.25, 0.3) is 0 Å². The predicted molar refractivity (Wildman–Crippen MR) is 148 cm³/mol. The number of hydrogen-bond donors (Lipinski definition) is 0. The van der Waals surface area contributed by atoms with Gasteiger partial charge in [-0.1, -0.05) is 48.0 Å². The van der Waals surface area contributed by atoms with Crippen LogP contribution in [0.2, 0.25) is 0 Å². The molecule has 6 nitrogen and oxygen atoms in total. The van der Waals surface area contributed by atoms with Gasteiger partial charge in [-0.25, -0.2) is 15.0 Å². The monoisotopic (exact) mass is 519 g/mol. The number of methoxy groups -OCH3 is 1. The number of ether oxygens (including phenoxy) is 1. The van der Waals surface area contributed by atoms with Crippen LogP contribution in [0.15, 0.2) is 24.7 Å². The Hall–Kier alpha value is -2.51. The fourth-order valence-corrected chi connectivity index (χ4v) is 5.19. The van der Waals surface area contributed by atoms with Crippen molar-refractivity contribution in [3.8, 4) is 5.75 Å². The summed E-state index contributed by atoms with van der Waals surface area (Å²) < 4.78 is 32.6. The predicted octanol–water partition coefficient (Wildman–Crippen LogP) is 7.01. The van der Waals surface area contributed by atoms with Crippen LogP contribution in [0.4, 0.5) is 20.3 Å². The van der Waals surface area contributed by atoms with Crippen molar-refractivity contribution in [2.24, 2.45) is 23.7 Å². The first-order valence-corrected chi connectivity index (χ1v) is 14.0. The molecule has 0 saturated carbocycles. The largest absolute Gasteiger partial charge is 0.494 e. The van der Waals surface area contributed by atoms with Crippen LogP contribution in [0, 0.1) is 35.6 Å². The molecule has 37 heavy (non-hydrogen) atoms. The molecule has 2 fully saturated rings. The van der Waals surface area contributed by atoms with E-state index < -0.39 is 11.9 Å². The Kier molecular flexibility index (Phi) is 13.0. The molecule has 0 N–H and O–H groups in total. The van der Waals surface area contributed by atoms with E-state index in [0.29, 0.717) is 23.2 Å². The van der Waals surface area contributed by atoms with Crippen molar-refractivity contribution < 1.29 is 13.5 Å². The zero-order valence-corrected chi connectivity index (χ0v) is 23.9. The second-order valence-corrected chi connectivity index (χ2v) is 10.1. The summed E-state index contributed by atoms with van der Waals surface area (Å²) in [5.74, 6) is 3.09. The lowest BCUT2D eigenvalue weighted by Crippen LogP contribution is -2.36. The van der Waals surface area contributed by atoms with Crippen LogP contribution in [0.3, 0.4) is 0 Å². The van der Waals surface area contributed by atoms with Crippen LogP contribution in [0.5, 0.6) is 5.75 Å². The molecule has 1 unspecified atom stereocenters. The first-order chi connectivity index (χ1) is 17.8. The molecule has 0 aliphatic carbocycles. The van der Waals surface area contributed by atoms with Crippen LogP contribution >= 0.6 is 0 Å². The molecular weight excluding hydrogens is 472 g/mol. The maximum atomic E-state index is 13.9. The van der Waals surface area contributed by atoms with Gasteiger partial charge in [-0.05, 0) is 49.4 Å². The average molecular weight is 520 g/mol. The summed E-state index contributed by atoms with van der Waals surface area (Å²) in [5.41, 5.74) is 0.521. The van der Waals surface area contributed by atoms with Crippen LogP contribution in [-0.2, 0) is 0 Å². The topological polar surface area (TPSA) is 54.4 Å². The maximum absolute atomic E-state index is 13.9. The lowest BCUT2D eigenvalue weighted by atomic mass is 9.84. The first-order valence-electron chi connectivity index (χ1n) is 14.0. The van der Waals surface area contributed by atoms with Crippen molar-refractivity contribution in [3.63, 3.8) is 0 Å². The number of aromatic nitrogens is 3. The zero-order chi connectivity index (χ0) is 27.4. The summed E-state index contributed by atoms with van der Waals surface area (Å²) in [6.45, 7) is 16.6. The molecular formula is C29H47F2N5O. The highest BCUT2D eigenvalue weighted by Crippen LogP contribution is 2.35. The molecule has 2 aliphatic rings. The normalized spacial score (nSPS) is 17.5. The SMILES string of the molecule is CC.CC(C)C1CCN(c2nccnc2F)CC1.CCC(C)C1CCN(c2c(OC)ccnc2F)CC1. The Labute approximate surface area is 222 Å². The van der Waals surface area contributed by atoms with E-state index in [1.165, 1.54) is 18.8 Å². The third kappa shape index (κ3) is 8.50. The van der Waals surface area contributed by atoms with Crippen LogP contribution in [0.1, 0.15) is 73.6 Å². The standard InChI is InChI=1S/C15H23FN2O.C12H18FN3.C2H6/c1-4-11(2)12-6-9-18(10-7-12)14-13(19-3)5-8-17-15(14)16;1-9(2)10-3-7-16(8-4-10)12-11(13)14-5-6-15-12;1-2/h5,8,11-12H,4,6-7,9-10H2,1-3H3;5-6,9-10H,3-4,7-8H2,1-2H3;1-2H3. The van der Waals surface area contributed by atoms with Crippen molar-refractivity contribution in [1.29, 1.82) is 0 Å². The van der Waals surface area contributed by atoms with Gasteiger partial charge in [0.15, 0.2) is 5.82 Å². The average Bonchev–Trinajstić information content (AvgIpc) is 2.94. The minimum Gasteiger partial charge on any atom is -0.494 e. The molecule has 208 valence electrons. The highest BCUT2D eigenvalue weighted by molar-refractivity contribution is 5.57. The molecule has 1 atom stereocenters. The quantitative estimate of drug-likeness (QED) is 0.383. The number of rotatable bonds is 6. The Morgan fingerprint density at radius 3 is 1.92 bits per heavy atom. The number of anilines is 2. The van der Waals surface area contributed by atoms with Gasteiger partial charge in [0.05, 0.1) is 7.11 Å². The van der Waals surface area contributed by atoms with E-state index in [0.717, 1.165) is 69.6 Å². The van der Waals surface area contributed by atoms with Gasteiger partial charge >= 0.3 is 0 Å². The van der Waals surface area contributed by atoms with Crippen LogP contribution in [-0.4, -0.2) is 48.2 Å². The van der Waals surface area contributed by atoms with E-state index in [9.17, 15) is 8.78 Å². The highest BCUT2D eigenvalue weighted by Gasteiger charge is 2.27. The molecule has 0 aromatic carbocycles. The van der Waals surface area contributed by atoms with Gasteiger partial charge in [0.25, 0.3) is 5.95 Å². The molecule has 0 bridgehead atoms. The summed E-state index contributed by atoms with van der Waals surface area (Å²) in [6.07, 6.45) is 10.1. The Morgan fingerprint density at radius 1 is 0.838 bits per heavy atom. The molecule has 4 rings (SSSR count). The van der Waals surface area contributed by atoms with Crippen molar-refractivity contribution in [2.75, 3.05) is 43.1 Å². The second-order valence-electron chi connectivity index (χ2n) is 10.1. The lowest BCUT2D eigenvalue weighted by Gasteiger charge is -2.36. The van der Waals surface area contributed by atoms with Gasteiger partial charge in [-0.15, -0.1) is 0 Å². The molecule has 2 aromatic heterocycles. The molecule has 2 aliphatic heterocycles. The molecule has 8 heteroatoms. The summed E-state index contributed by atoms with van der Waals surface area (Å²) >= 11 is 0. The minimum atomic E-state index is -0.453. The summed E-state index contributed by atoms with van der Waals surface area (Å²) in [7, 11) is 1.57. The van der Waals surface area contributed by atoms with Crippen molar-refractivity contribution in [2.45, 2.75) is 73.6 Å². The van der Waals surface area contributed by atoms with Crippen LogP contribution < -0.4 is 14.5 Å². The smallest absolute Gasteiger partial charge is 0.255 e. The maximum Gasteiger partial charge on any atom is 0.255 e. The number of hydrogen-bond acceptors (Lipinski definition) is 6. The summed E-state index contributed by atoms with van der Waals surface area (Å²) in [6, 6.07) is 1.72. The third-order valence-corrected chi connectivity index (χ3v) is 7.78. The summed E-state index contributed by atoms with van der Waals surface area (Å²) in [5, 5.41) is 0. The molecule has 0 radical (unpaired) electrons. The molecule has 0 spiro atoms. The number of nitrogens with zero attached hydrogens (tertiary/aromatic N) is 5. The second kappa shape index (κ2) is 15.7. The first kappa shape index (κ1) is 30.7. The number of halogens is 2. The molecule has 2 saturated heterocycles. The summed E-state index contributed by atoms with van der Waals surface area (Å²) in [4.78, 5) is 15.5. The molecule has 0 amide bonds. The van der Waals surface area contributed by atoms with E-state index in [4.69, 9.17) is 4.74 Å². The molecule has 2 aromatic rings. The minimum absolute atomic E-state index is 0.407. The Bertz CT molecular complexity index is 913. The fourth-order valence-electron chi connectivity index (χ4n) is 5.19. The Morgan fingerprint density at radius 2 is 1.38 bits per heavy atom. The lowest BCUT2D eigenvalue weighted by molar-refractivity contribution is 0.284. The number of piperidine rings is 2.